The summed E-state index contributed by atoms with van der Waals surface area (Å²) >= 11 is -0.300. The van der Waals surface area contributed by atoms with E-state index >= 15 is 0 Å². The van der Waals surface area contributed by atoms with Crippen molar-refractivity contribution in [3.8, 4) is 5.75 Å². The number of anilines is 3. The van der Waals surface area contributed by atoms with Gasteiger partial charge in [0, 0.05) is 24.5 Å². The van der Waals surface area contributed by atoms with Crippen molar-refractivity contribution in [1.29, 1.82) is 0 Å². The first-order valence-corrected chi connectivity index (χ1v) is 19.0. The Balaban J connectivity index is 0.000000246. The molecule has 3 aromatic carbocycles. The predicted octanol–water partition coefficient (Wildman–Crippen LogP) is 9.42. The number of nitrogens with one attached hydrogen (secondary N) is 1. The average Bonchev–Trinajstić information content (AvgIpc) is 3.47. The molecule has 2 aliphatic heterocycles. The van der Waals surface area contributed by atoms with Gasteiger partial charge in [-0.3, -0.25) is 0 Å². The zero-order valence-corrected chi connectivity index (χ0v) is 30.1. The number of amides is 1. The molecular formula is C37H48ClN3O2Ru-. The number of carbonyl (C=O) groups is 1. The molecule has 0 spiro atoms. The van der Waals surface area contributed by atoms with Crippen LogP contribution in [-0.4, -0.2) is 29.7 Å². The zero-order chi connectivity index (χ0) is 32.1. The van der Waals surface area contributed by atoms with Crippen LogP contribution in [0.25, 0.3) is 0 Å². The van der Waals surface area contributed by atoms with Crippen LogP contribution in [0.2, 0.25) is 0 Å². The molecule has 1 fully saturated rings. The first-order valence-electron chi connectivity index (χ1n) is 15.7. The SMILES string of the molecule is CC(C)c1cccc(C(C)C)c1N1[CH-]N(c2c(C(C)C)cccc2C(C)C)CC1.CC1Oc2c([CH]=[Ru][Cl])cccc2NC1=O. The Hall–Kier alpha value is -2.69. The van der Waals surface area contributed by atoms with E-state index in [1.54, 1.807) is 6.92 Å². The van der Waals surface area contributed by atoms with Crippen molar-refractivity contribution in [3.05, 3.63) is 89.1 Å². The summed E-state index contributed by atoms with van der Waals surface area (Å²) in [7, 11) is 5.74. The molecule has 5 rings (SSSR count). The molecule has 0 saturated carbocycles. The number of rotatable bonds is 7. The molecule has 0 bridgehead atoms. The maximum absolute atomic E-state index is 11.4. The first kappa shape index (κ1) is 34.2. The van der Waals surface area contributed by atoms with E-state index in [-0.39, 0.29) is 21.6 Å². The van der Waals surface area contributed by atoms with Gasteiger partial charge in [-0.15, -0.1) is 0 Å². The van der Waals surface area contributed by atoms with Crippen molar-refractivity contribution in [2.75, 3.05) is 28.2 Å². The number of fused-ring (bicyclic) bond motifs is 1. The van der Waals surface area contributed by atoms with Gasteiger partial charge in [-0.1, -0.05) is 91.8 Å². The molecule has 1 unspecified atom stereocenters. The van der Waals surface area contributed by atoms with Crippen LogP contribution in [0.5, 0.6) is 5.75 Å². The second-order valence-corrected chi connectivity index (χ2v) is 14.6. The molecular weight excluding hydrogens is 655 g/mol. The zero-order valence-electron chi connectivity index (χ0n) is 27.6. The Labute approximate surface area is 276 Å². The molecule has 0 radical (unpaired) electrons. The van der Waals surface area contributed by atoms with Crippen molar-refractivity contribution in [2.45, 2.75) is 92.1 Å². The van der Waals surface area contributed by atoms with Gasteiger partial charge in [0.25, 0.3) is 0 Å². The molecule has 7 heteroatoms. The minimum atomic E-state index is -0.446. The Morgan fingerprint density at radius 2 is 1.23 bits per heavy atom. The van der Waals surface area contributed by atoms with Crippen LogP contribution in [0.4, 0.5) is 17.1 Å². The van der Waals surface area contributed by atoms with Crippen molar-refractivity contribution >= 4 is 37.3 Å². The Morgan fingerprint density at radius 1 is 0.795 bits per heavy atom. The molecule has 1 amide bonds. The molecule has 5 nitrogen and oxygen atoms in total. The van der Waals surface area contributed by atoms with Crippen LogP contribution in [0.1, 0.15) is 114 Å². The normalized spacial score (nSPS) is 16.7. The Bertz CT molecular complexity index is 1360. The van der Waals surface area contributed by atoms with Crippen LogP contribution in [0, 0.1) is 6.67 Å². The number of benzene rings is 3. The van der Waals surface area contributed by atoms with E-state index in [0.717, 1.165) is 30.1 Å². The monoisotopic (exact) mass is 703 g/mol. The minimum absolute atomic E-state index is 0.113. The summed E-state index contributed by atoms with van der Waals surface area (Å²) in [6, 6.07) is 19.3. The van der Waals surface area contributed by atoms with Crippen molar-refractivity contribution in [2.24, 2.45) is 0 Å². The van der Waals surface area contributed by atoms with Crippen LogP contribution < -0.4 is 19.9 Å². The third-order valence-electron chi connectivity index (χ3n) is 8.24. The van der Waals surface area contributed by atoms with E-state index in [2.05, 4.69) is 114 Å². The Morgan fingerprint density at radius 3 is 1.64 bits per heavy atom. The number of halogens is 1. The van der Waals surface area contributed by atoms with Gasteiger partial charge in [-0.2, -0.15) is 6.67 Å². The maximum atomic E-state index is 11.4. The molecule has 2 heterocycles. The van der Waals surface area contributed by atoms with E-state index in [1.165, 1.54) is 33.6 Å². The molecule has 2 aliphatic rings. The van der Waals surface area contributed by atoms with Crippen LogP contribution in [0.3, 0.4) is 0 Å². The number of carbonyl (C=O) groups excluding carboxylic acids is 1. The molecule has 239 valence electrons. The van der Waals surface area contributed by atoms with E-state index in [0.29, 0.717) is 23.7 Å². The third kappa shape index (κ3) is 7.57. The van der Waals surface area contributed by atoms with E-state index in [4.69, 9.17) is 14.4 Å². The van der Waals surface area contributed by atoms with Crippen LogP contribution >= 0.6 is 9.69 Å². The van der Waals surface area contributed by atoms with E-state index < -0.39 is 6.10 Å². The quantitative estimate of drug-likeness (QED) is 0.197. The topological polar surface area (TPSA) is 44.8 Å². The summed E-state index contributed by atoms with van der Waals surface area (Å²) in [4.78, 5) is 16.4. The molecule has 1 saturated heterocycles. The fourth-order valence-electron chi connectivity index (χ4n) is 5.90. The third-order valence-corrected chi connectivity index (χ3v) is 9.42. The molecule has 44 heavy (non-hydrogen) atoms. The van der Waals surface area contributed by atoms with Gasteiger partial charge in [0.05, 0.1) is 0 Å². The number of para-hydroxylation sites is 3. The predicted molar refractivity (Wildman–Crippen MR) is 184 cm³/mol. The number of ether oxygens (including phenoxy) is 1. The summed E-state index contributed by atoms with van der Waals surface area (Å²) in [5.41, 5.74) is 10.3. The molecule has 0 aromatic heterocycles. The van der Waals surface area contributed by atoms with Crippen molar-refractivity contribution in [3.63, 3.8) is 0 Å². The van der Waals surface area contributed by atoms with Crippen molar-refractivity contribution < 1.29 is 25.2 Å². The van der Waals surface area contributed by atoms with Crippen LogP contribution in [-0.2, 0) is 20.5 Å². The molecule has 0 aliphatic carbocycles. The summed E-state index contributed by atoms with van der Waals surface area (Å²) < 4.78 is 7.48. The number of hydrogen-bond donors (Lipinski definition) is 1. The fourth-order valence-corrected chi connectivity index (χ4v) is 6.99. The number of hydrogen-bond acceptors (Lipinski definition) is 4. The van der Waals surface area contributed by atoms with Crippen molar-refractivity contribution in [1.82, 2.24) is 0 Å². The molecule has 3 aromatic rings. The molecule has 1 atom stereocenters. The standard InChI is InChI=1S/C27H39N2.C10H9NO2.ClH.Ru/c1-18(2)22-11-9-12-23(19(3)4)26(22)28-15-16-29(17-28)27-24(20(5)6)13-10-14-25(27)21(7)8;1-6-4-3-5-8-9(6)13-7(2)10(12)11-8;;/h9-14,17-21H,15-16H2,1-8H3;1,3-5,7H,2H3,(H,11,12);1H;/q-1;;;+1/p-1. The molecule has 1 N–H and O–H groups in total. The van der Waals surface area contributed by atoms with Gasteiger partial charge in [0.2, 0.25) is 0 Å². The van der Waals surface area contributed by atoms with Gasteiger partial charge >= 0.3 is 99.0 Å². The second-order valence-electron chi connectivity index (χ2n) is 12.8. The second kappa shape index (κ2) is 15.1. The first-order chi connectivity index (χ1) is 20.9. The van der Waals surface area contributed by atoms with Crippen LogP contribution in [0.15, 0.2) is 54.6 Å². The van der Waals surface area contributed by atoms with E-state index in [9.17, 15) is 4.79 Å². The van der Waals surface area contributed by atoms with Gasteiger partial charge in [0.1, 0.15) is 0 Å². The Kier molecular flexibility index (Phi) is 11.7. The van der Waals surface area contributed by atoms with Gasteiger partial charge in [-0.05, 0) is 45.9 Å². The summed E-state index contributed by atoms with van der Waals surface area (Å²) in [6.45, 7) is 24.6. The average molecular weight is 703 g/mol. The van der Waals surface area contributed by atoms with Gasteiger partial charge in [-0.25, -0.2) is 0 Å². The summed E-state index contributed by atoms with van der Waals surface area (Å²) in [5.74, 6) is 2.67. The summed E-state index contributed by atoms with van der Waals surface area (Å²) in [5, 5.41) is 2.79. The van der Waals surface area contributed by atoms with Gasteiger partial charge in [0.15, 0.2) is 0 Å². The summed E-state index contributed by atoms with van der Waals surface area (Å²) in [6.07, 6.45) is -0.446. The van der Waals surface area contributed by atoms with Gasteiger partial charge < -0.3 is 9.80 Å². The fraction of sp³-hybridized carbons (Fsp3) is 0.432. The number of nitrogens with zero attached hydrogens (tertiary/aromatic N) is 2. The van der Waals surface area contributed by atoms with E-state index in [1.807, 2.05) is 22.8 Å².